The molecule has 0 unspecified atom stereocenters. The number of aryl methyl sites for hydroxylation is 1. The van der Waals surface area contributed by atoms with Crippen LogP contribution in [0.15, 0.2) is 57.7 Å². The number of nitrogens with one attached hydrogen (secondary N) is 2. The van der Waals surface area contributed by atoms with Crippen LogP contribution in [-0.4, -0.2) is 23.0 Å². The zero-order chi connectivity index (χ0) is 22.2. The minimum absolute atomic E-state index is 0.148. The van der Waals surface area contributed by atoms with Crippen LogP contribution in [0.1, 0.15) is 43.5 Å². The highest BCUT2D eigenvalue weighted by atomic mass is 16.5. The van der Waals surface area contributed by atoms with Gasteiger partial charge in [-0.25, -0.2) is 4.79 Å². The van der Waals surface area contributed by atoms with Gasteiger partial charge in [-0.3, -0.25) is 25.0 Å². The van der Waals surface area contributed by atoms with Gasteiger partial charge in [-0.05, 0) is 55.2 Å². The normalized spacial score (nSPS) is 10.9. The number of fused-ring (bicyclic) bond motifs is 1. The molecule has 2 N–H and O–H groups in total. The molecule has 3 rings (SSSR count). The molecular formula is C23H27N3O5. The van der Waals surface area contributed by atoms with Gasteiger partial charge in [0.2, 0.25) is 5.91 Å². The molecule has 2 amide bonds. The van der Waals surface area contributed by atoms with Crippen molar-refractivity contribution >= 4 is 22.9 Å². The van der Waals surface area contributed by atoms with Crippen LogP contribution in [0, 0.1) is 5.92 Å². The molecule has 1 aromatic heterocycles. The zero-order valence-corrected chi connectivity index (χ0v) is 17.7. The molecule has 31 heavy (non-hydrogen) atoms. The van der Waals surface area contributed by atoms with Gasteiger partial charge in [0.1, 0.15) is 5.75 Å². The Morgan fingerprint density at radius 1 is 1.06 bits per heavy atom. The fraction of sp³-hybridized carbons (Fsp3) is 0.348. The summed E-state index contributed by atoms with van der Waals surface area (Å²) in [4.78, 5) is 36.1. The molecule has 2 aromatic carbocycles. The van der Waals surface area contributed by atoms with E-state index in [0.29, 0.717) is 47.9 Å². The molecule has 0 saturated heterocycles. The Morgan fingerprint density at radius 3 is 2.55 bits per heavy atom. The Labute approximate surface area is 180 Å². The SMILES string of the molecule is CC(C)CCOc1ccc(C(=O)NNC(=O)CCCn2c(=O)oc3ccccc32)cc1. The van der Waals surface area contributed by atoms with E-state index >= 15 is 0 Å². The highest BCUT2D eigenvalue weighted by Gasteiger charge is 2.11. The Balaban J connectivity index is 1.41. The molecule has 0 aliphatic carbocycles. The largest absolute Gasteiger partial charge is 0.494 e. The monoisotopic (exact) mass is 425 g/mol. The Morgan fingerprint density at radius 2 is 1.81 bits per heavy atom. The van der Waals surface area contributed by atoms with E-state index in [2.05, 4.69) is 24.7 Å². The lowest BCUT2D eigenvalue weighted by Gasteiger charge is -2.10. The topological polar surface area (TPSA) is 103 Å². The molecule has 0 radical (unpaired) electrons. The quantitative estimate of drug-likeness (QED) is 0.512. The van der Waals surface area contributed by atoms with Crippen LogP contribution in [0.5, 0.6) is 5.75 Å². The van der Waals surface area contributed by atoms with Crippen LogP contribution in [0.4, 0.5) is 0 Å². The van der Waals surface area contributed by atoms with Crippen molar-refractivity contribution in [2.24, 2.45) is 5.92 Å². The van der Waals surface area contributed by atoms with E-state index in [-0.39, 0.29) is 12.3 Å². The number of hydrogen-bond donors (Lipinski definition) is 2. The fourth-order valence-electron chi connectivity index (χ4n) is 3.00. The van der Waals surface area contributed by atoms with Gasteiger partial charge in [0, 0.05) is 18.5 Å². The maximum absolute atomic E-state index is 12.2. The first-order valence-corrected chi connectivity index (χ1v) is 10.3. The number of hydrogen-bond acceptors (Lipinski definition) is 5. The second kappa shape index (κ2) is 10.5. The summed E-state index contributed by atoms with van der Waals surface area (Å²) < 4.78 is 12.3. The van der Waals surface area contributed by atoms with Gasteiger partial charge >= 0.3 is 5.76 Å². The summed E-state index contributed by atoms with van der Waals surface area (Å²) in [5, 5.41) is 0. The summed E-state index contributed by atoms with van der Waals surface area (Å²) in [7, 11) is 0. The van der Waals surface area contributed by atoms with E-state index < -0.39 is 11.7 Å². The average molecular weight is 425 g/mol. The van der Waals surface area contributed by atoms with E-state index in [4.69, 9.17) is 9.15 Å². The predicted molar refractivity (Wildman–Crippen MR) is 117 cm³/mol. The molecule has 3 aromatic rings. The lowest BCUT2D eigenvalue weighted by atomic mass is 10.1. The van der Waals surface area contributed by atoms with Gasteiger partial charge in [0.05, 0.1) is 12.1 Å². The number of nitrogens with zero attached hydrogens (tertiary/aromatic N) is 1. The number of benzene rings is 2. The van der Waals surface area contributed by atoms with Crippen molar-refractivity contribution in [3.8, 4) is 5.75 Å². The number of ether oxygens (including phenoxy) is 1. The van der Waals surface area contributed by atoms with E-state index in [9.17, 15) is 14.4 Å². The van der Waals surface area contributed by atoms with Crippen molar-refractivity contribution in [1.29, 1.82) is 0 Å². The number of carbonyl (C=O) groups is 2. The Hall–Kier alpha value is -3.55. The lowest BCUT2D eigenvalue weighted by molar-refractivity contribution is -0.122. The van der Waals surface area contributed by atoms with Crippen molar-refractivity contribution in [3.63, 3.8) is 0 Å². The maximum atomic E-state index is 12.2. The van der Waals surface area contributed by atoms with Crippen LogP contribution in [-0.2, 0) is 11.3 Å². The Kier molecular flexibility index (Phi) is 7.48. The number of para-hydroxylation sites is 2. The third kappa shape index (κ3) is 6.21. The maximum Gasteiger partial charge on any atom is 0.419 e. The van der Waals surface area contributed by atoms with E-state index in [1.165, 1.54) is 4.57 Å². The summed E-state index contributed by atoms with van der Waals surface area (Å²) in [6.45, 7) is 5.23. The first-order valence-electron chi connectivity index (χ1n) is 10.3. The number of oxazole rings is 1. The number of rotatable bonds is 9. The third-order valence-corrected chi connectivity index (χ3v) is 4.76. The summed E-state index contributed by atoms with van der Waals surface area (Å²) >= 11 is 0. The number of amides is 2. The molecule has 164 valence electrons. The van der Waals surface area contributed by atoms with Gasteiger partial charge in [-0.1, -0.05) is 26.0 Å². The van der Waals surface area contributed by atoms with E-state index in [0.717, 1.165) is 6.42 Å². The molecule has 0 aliphatic rings. The molecule has 0 saturated carbocycles. The number of aromatic nitrogens is 1. The fourth-order valence-corrected chi connectivity index (χ4v) is 3.00. The van der Waals surface area contributed by atoms with E-state index in [1.54, 1.807) is 42.5 Å². The van der Waals surface area contributed by atoms with Crippen molar-refractivity contribution in [2.45, 2.75) is 39.7 Å². The minimum Gasteiger partial charge on any atom is -0.494 e. The highest BCUT2D eigenvalue weighted by Crippen LogP contribution is 2.14. The summed E-state index contributed by atoms with van der Waals surface area (Å²) in [5.74, 6) is 0.0467. The van der Waals surface area contributed by atoms with Crippen molar-refractivity contribution in [1.82, 2.24) is 15.4 Å². The molecule has 0 atom stereocenters. The summed E-state index contributed by atoms with van der Waals surface area (Å²) in [5.41, 5.74) is 6.41. The third-order valence-electron chi connectivity index (χ3n) is 4.76. The second-order valence-electron chi connectivity index (χ2n) is 7.65. The van der Waals surface area contributed by atoms with Crippen LogP contribution in [0.2, 0.25) is 0 Å². The molecule has 0 fully saturated rings. The van der Waals surface area contributed by atoms with Crippen LogP contribution >= 0.6 is 0 Å². The smallest absolute Gasteiger partial charge is 0.419 e. The van der Waals surface area contributed by atoms with Gasteiger partial charge in [-0.2, -0.15) is 0 Å². The second-order valence-corrected chi connectivity index (χ2v) is 7.65. The highest BCUT2D eigenvalue weighted by molar-refractivity contribution is 5.95. The molecule has 0 bridgehead atoms. The number of carbonyl (C=O) groups excluding carboxylic acids is 2. The standard InChI is InChI=1S/C23H27N3O5/c1-16(2)13-15-30-18-11-9-17(10-12-18)22(28)25-24-21(27)8-5-14-26-19-6-3-4-7-20(19)31-23(26)29/h3-4,6-7,9-12,16H,5,8,13-15H2,1-2H3,(H,24,27)(H,25,28). The molecule has 8 heteroatoms. The lowest BCUT2D eigenvalue weighted by Crippen LogP contribution is -2.41. The van der Waals surface area contributed by atoms with Crippen LogP contribution < -0.4 is 21.3 Å². The van der Waals surface area contributed by atoms with Gasteiger partial charge < -0.3 is 9.15 Å². The van der Waals surface area contributed by atoms with Gasteiger partial charge in [0.15, 0.2) is 5.58 Å². The number of hydrazine groups is 1. The van der Waals surface area contributed by atoms with Crippen molar-refractivity contribution in [2.75, 3.05) is 6.61 Å². The first kappa shape index (κ1) is 22.1. The Bertz CT molecular complexity index is 1080. The molecule has 0 aliphatic heterocycles. The van der Waals surface area contributed by atoms with Crippen molar-refractivity contribution in [3.05, 3.63) is 64.6 Å². The summed E-state index contributed by atoms with van der Waals surface area (Å²) in [6, 6.07) is 13.9. The van der Waals surface area contributed by atoms with Crippen LogP contribution in [0.25, 0.3) is 11.1 Å². The zero-order valence-electron chi connectivity index (χ0n) is 17.7. The molecule has 1 heterocycles. The van der Waals surface area contributed by atoms with Crippen molar-refractivity contribution < 1.29 is 18.7 Å². The molecule has 0 spiro atoms. The average Bonchev–Trinajstić information content (AvgIpc) is 3.07. The summed E-state index contributed by atoms with van der Waals surface area (Å²) in [6.07, 6.45) is 1.53. The van der Waals surface area contributed by atoms with Gasteiger partial charge in [0.25, 0.3) is 5.91 Å². The predicted octanol–water partition coefficient (Wildman–Crippen LogP) is 3.26. The first-order chi connectivity index (χ1) is 14.9. The van der Waals surface area contributed by atoms with E-state index in [1.807, 2.05) is 6.07 Å². The molecule has 8 nitrogen and oxygen atoms in total. The minimum atomic E-state index is -0.452. The van der Waals surface area contributed by atoms with Crippen LogP contribution in [0.3, 0.4) is 0 Å². The molecular weight excluding hydrogens is 398 g/mol. The van der Waals surface area contributed by atoms with Gasteiger partial charge in [-0.15, -0.1) is 0 Å².